The number of rotatable bonds is 5. The number of likely N-dealkylation sites (tertiary alicyclic amines) is 1. The zero-order chi connectivity index (χ0) is 19.7. The highest BCUT2D eigenvalue weighted by atomic mass is 16.3. The summed E-state index contributed by atoms with van der Waals surface area (Å²) in [5.41, 5.74) is 3.84. The predicted octanol–water partition coefficient (Wildman–Crippen LogP) is 3.67. The summed E-state index contributed by atoms with van der Waals surface area (Å²) < 4.78 is 1.75. The summed E-state index contributed by atoms with van der Waals surface area (Å²) in [7, 11) is 0. The molecule has 0 radical (unpaired) electrons. The zero-order valence-electron chi connectivity index (χ0n) is 16.7. The summed E-state index contributed by atoms with van der Waals surface area (Å²) in [5.74, 6) is 0.315. The Bertz CT molecular complexity index is 1000. The molecule has 5 heteroatoms. The molecule has 2 aliphatic rings. The van der Waals surface area contributed by atoms with E-state index in [-0.39, 0.29) is 5.56 Å². The first-order valence-corrected chi connectivity index (χ1v) is 10.3. The van der Waals surface area contributed by atoms with Crippen LogP contribution >= 0.6 is 0 Å². The second kappa shape index (κ2) is 7.94. The topological polar surface area (TPSA) is 61.3 Å². The van der Waals surface area contributed by atoms with Crippen LogP contribution in [0.25, 0.3) is 16.5 Å². The van der Waals surface area contributed by atoms with Crippen molar-refractivity contribution in [3.05, 3.63) is 64.3 Å². The molecule has 1 fully saturated rings. The predicted molar refractivity (Wildman–Crippen MR) is 114 cm³/mol. The molecule has 2 unspecified atom stereocenters. The van der Waals surface area contributed by atoms with E-state index in [9.17, 15) is 9.90 Å². The lowest BCUT2D eigenvalue weighted by Gasteiger charge is -2.30. The van der Waals surface area contributed by atoms with Crippen LogP contribution in [0.4, 0.5) is 0 Å². The van der Waals surface area contributed by atoms with Crippen molar-refractivity contribution < 1.29 is 5.11 Å². The van der Waals surface area contributed by atoms with Crippen LogP contribution in [0.3, 0.4) is 0 Å². The van der Waals surface area contributed by atoms with Gasteiger partial charge in [0.15, 0.2) is 0 Å². The lowest BCUT2D eigenvalue weighted by atomic mass is 9.86. The number of pyridine rings is 1. The molecule has 3 heterocycles. The summed E-state index contributed by atoms with van der Waals surface area (Å²) in [6, 6.07) is 1.97. The Morgan fingerprint density at radius 2 is 2.14 bits per heavy atom. The summed E-state index contributed by atoms with van der Waals surface area (Å²) in [4.78, 5) is 18.0. The fourth-order valence-corrected chi connectivity index (χ4v) is 4.32. The van der Waals surface area contributed by atoms with Gasteiger partial charge in [0.1, 0.15) is 11.7 Å². The third kappa shape index (κ3) is 3.40. The van der Waals surface area contributed by atoms with Gasteiger partial charge in [0.25, 0.3) is 5.56 Å². The summed E-state index contributed by atoms with van der Waals surface area (Å²) in [6.07, 6.45) is 14.8. The number of H-pyrrole nitrogens is 1. The maximum Gasteiger partial charge on any atom is 0.275 e. The van der Waals surface area contributed by atoms with Gasteiger partial charge in [0, 0.05) is 43.0 Å². The molecular formula is C23H29N3O2. The van der Waals surface area contributed by atoms with Crippen LogP contribution in [-0.4, -0.2) is 38.9 Å². The van der Waals surface area contributed by atoms with E-state index in [4.69, 9.17) is 0 Å². The van der Waals surface area contributed by atoms with E-state index in [2.05, 4.69) is 29.0 Å². The van der Waals surface area contributed by atoms with E-state index in [0.717, 1.165) is 54.4 Å². The van der Waals surface area contributed by atoms with Crippen molar-refractivity contribution in [2.24, 2.45) is 5.92 Å². The normalized spacial score (nSPS) is 22.0. The van der Waals surface area contributed by atoms with E-state index in [0.29, 0.717) is 18.0 Å². The number of allylic oxidation sites excluding steroid dienone is 5. The standard InChI is InChI=1S/C23H29N3O2/c1-3-4-11-26-15-20(18-9-10-24-21(18)23(26)28)17-8-7-16(2)19(14-17)22(27)25-12-5-6-13-25/h3-4,8-10,14-16,22,24,27H,5-7,11-13H2,1-2H3/b4-3+. The summed E-state index contributed by atoms with van der Waals surface area (Å²) >= 11 is 0. The Kier molecular flexibility index (Phi) is 5.38. The number of nitrogens with zero attached hydrogens (tertiary/aromatic N) is 2. The van der Waals surface area contributed by atoms with Crippen LogP contribution < -0.4 is 5.56 Å². The molecule has 1 aliphatic heterocycles. The molecule has 0 spiro atoms. The molecule has 2 aromatic rings. The highest BCUT2D eigenvalue weighted by molar-refractivity contribution is 5.94. The minimum absolute atomic E-state index is 0.00654. The quantitative estimate of drug-likeness (QED) is 0.779. The first-order valence-electron chi connectivity index (χ1n) is 10.3. The largest absolute Gasteiger partial charge is 0.374 e. The van der Waals surface area contributed by atoms with Crippen molar-refractivity contribution in [1.82, 2.24) is 14.5 Å². The van der Waals surface area contributed by atoms with Gasteiger partial charge < -0.3 is 14.7 Å². The summed E-state index contributed by atoms with van der Waals surface area (Å²) in [6.45, 7) is 6.60. The van der Waals surface area contributed by atoms with E-state index >= 15 is 0 Å². The van der Waals surface area contributed by atoms with Gasteiger partial charge >= 0.3 is 0 Å². The van der Waals surface area contributed by atoms with Crippen molar-refractivity contribution in [1.29, 1.82) is 0 Å². The lowest BCUT2D eigenvalue weighted by molar-refractivity contribution is 0.0437. The number of aliphatic hydroxyl groups is 1. The number of aromatic nitrogens is 2. The van der Waals surface area contributed by atoms with Gasteiger partial charge in [-0.05, 0) is 49.3 Å². The van der Waals surface area contributed by atoms with E-state index in [1.54, 1.807) is 4.57 Å². The SMILES string of the molecule is C/C=C/Cn1cc(C2=CCC(C)C(C(O)N3CCCC3)=C2)c2cc[nH]c2c1=O. The summed E-state index contributed by atoms with van der Waals surface area (Å²) in [5, 5.41) is 11.9. The number of fused-ring (bicyclic) bond motifs is 1. The van der Waals surface area contributed by atoms with Crippen molar-refractivity contribution in [2.75, 3.05) is 13.1 Å². The first-order chi connectivity index (χ1) is 13.6. The Labute approximate surface area is 165 Å². The molecule has 0 saturated carbocycles. The molecule has 2 aromatic heterocycles. The molecule has 4 rings (SSSR count). The van der Waals surface area contributed by atoms with Crippen molar-refractivity contribution in [3.8, 4) is 0 Å². The molecule has 2 N–H and O–H groups in total. The average Bonchev–Trinajstić information content (AvgIpc) is 3.40. The Morgan fingerprint density at radius 3 is 2.89 bits per heavy atom. The highest BCUT2D eigenvalue weighted by Gasteiger charge is 2.28. The van der Waals surface area contributed by atoms with Gasteiger partial charge in [-0.2, -0.15) is 0 Å². The molecule has 5 nitrogen and oxygen atoms in total. The van der Waals surface area contributed by atoms with E-state index in [1.807, 2.05) is 37.5 Å². The molecule has 1 aliphatic carbocycles. The van der Waals surface area contributed by atoms with Crippen LogP contribution in [0.2, 0.25) is 0 Å². The molecular weight excluding hydrogens is 350 g/mol. The smallest absolute Gasteiger partial charge is 0.275 e. The molecule has 148 valence electrons. The Balaban J connectivity index is 1.77. The maximum atomic E-state index is 12.7. The average molecular weight is 380 g/mol. The minimum atomic E-state index is -0.517. The molecule has 28 heavy (non-hydrogen) atoms. The van der Waals surface area contributed by atoms with Gasteiger partial charge in [-0.15, -0.1) is 0 Å². The number of nitrogens with one attached hydrogen (secondary N) is 1. The van der Waals surface area contributed by atoms with Crippen molar-refractivity contribution in [3.63, 3.8) is 0 Å². The maximum absolute atomic E-state index is 12.7. The molecule has 0 bridgehead atoms. The molecule has 0 aromatic carbocycles. The number of hydrogen-bond acceptors (Lipinski definition) is 3. The van der Waals surface area contributed by atoms with Crippen LogP contribution in [0.15, 0.2) is 53.1 Å². The van der Waals surface area contributed by atoms with Gasteiger partial charge in [-0.25, -0.2) is 0 Å². The number of aromatic amines is 1. The monoisotopic (exact) mass is 379 g/mol. The van der Waals surface area contributed by atoms with E-state index < -0.39 is 6.23 Å². The van der Waals surface area contributed by atoms with Gasteiger partial charge in [0.05, 0.1) is 0 Å². The van der Waals surface area contributed by atoms with Crippen LogP contribution in [0, 0.1) is 5.92 Å². The first kappa shape index (κ1) is 19.0. The van der Waals surface area contributed by atoms with E-state index in [1.165, 1.54) is 0 Å². The lowest BCUT2D eigenvalue weighted by Crippen LogP contribution is -2.36. The third-order valence-corrected chi connectivity index (χ3v) is 6.01. The van der Waals surface area contributed by atoms with Crippen molar-refractivity contribution in [2.45, 2.75) is 45.9 Å². The molecule has 1 saturated heterocycles. The number of aliphatic hydroxyl groups excluding tert-OH is 1. The fourth-order valence-electron chi connectivity index (χ4n) is 4.32. The third-order valence-electron chi connectivity index (χ3n) is 6.01. The fraction of sp³-hybridized carbons (Fsp3) is 0.435. The van der Waals surface area contributed by atoms with Gasteiger partial charge in [-0.1, -0.05) is 31.2 Å². The number of hydrogen-bond donors (Lipinski definition) is 2. The van der Waals surface area contributed by atoms with Crippen LogP contribution in [-0.2, 0) is 6.54 Å². The minimum Gasteiger partial charge on any atom is -0.374 e. The Morgan fingerprint density at radius 1 is 1.36 bits per heavy atom. The second-order valence-electron chi connectivity index (χ2n) is 7.89. The van der Waals surface area contributed by atoms with Crippen LogP contribution in [0.1, 0.15) is 38.7 Å². The molecule has 0 amide bonds. The van der Waals surface area contributed by atoms with Crippen molar-refractivity contribution >= 4 is 16.5 Å². The second-order valence-corrected chi connectivity index (χ2v) is 7.89. The molecule has 2 atom stereocenters. The Hall–Kier alpha value is -2.37. The van der Waals surface area contributed by atoms with Gasteiger partial charge in [-0.3, -0.25) is 9.69 Å². The highest BCUT2D eigenvalue weighted by Crippen LogP contribution is 2.34. The zero-order valence-corrected chi connectivity index (χ0v) is 16.7. The van der Waals surface area contributed by atoms with Crippen LogP contribution in [0.5, 0.6) is 0 Å². The van der Waals surface area contributed by atoms with Gasteiger partial charge in [0.2, 0.25) is 0 Å².